The fraction of sp³-hybridized carbons (Fsp3) is 0.333. The summed E-state index contributed by atoms with van der Waals surface area (Å²) >= 11 is 0. The molecule has 2 rings (SSSR count). The van der Waals surface area contributed by atoms with Gasteiger partial charge in [0.05, 0.1) is 31.1 Å². The van der Waals surface area contributed by atoms with Crippen LogP contribution in [0, 0.1) is 0 Å². The van der Waals surface area contributed by atoms with E-state index in [1.54, 1.807) is 38.1 Å². The van der Waals surface area contributed by atoms with E-state index in [0.717, 1.165) is 0 Å². The van der Waals surface area contributed by atoms with Gasteiger partial charge in [-0.3, -0.25) is 9.59 Å². The molecule has 2 aromatic carbocycles. The number of ether oxygens (including phenoxy) is 2. The van der Waals surface area contributed by atoms with Gasteiger partial charge < -0.3 is 14.8 Å². The molecule has 2 aromatic rings. The molecular weight excluding hydrogens is 408 g/mol. The van der Waals surface area contributed by atoms with E-state index in [1.165, 1.54) is 31.4 Å². The first-order chi connectivity index (χ1) is 14.3. The largest absolute Gasteiger partial charge is 0.497 e. The molecule has 0 aromatic heterocycles. The minimum atomic E-state index is -3.95. The van der Waals surface area contributed by atoms with Crippen molar-refractivity contribution in [3.05, 3.63) is 54.1 Å². The third kappa shape index (κ3) is 6.57. The minimum absolute atomic E-state index is 0.00810. The summed E-state index contributed by atoms with van der Waals surface area (Å²) in [6.45, 7) is 3.60. The van der Waals surface area contributed by atoms with Crippen LogP contribution < -0.4 is 14.8 Å². The third-order valence-corrected chi connectivity index (χ3v) is 5.73. The molecular formula is C21H26N2O6S. The monoisotopic (exact) mass is 434 g/mol. The van der Waals surface area contributed by atoms with Gasteiger partial charge in [0.1, 0.15) is 5.75 Å². The first-order valence-electron chi connectivity index (χ1n) is 9.50. The van der Waals surface area contributed by atoms with Crippen molar-refractivity contribution in [1.29, 1.82) is 0 Å². The molecule has 1 unspecified atom stereocenters. The van der Waals surface area contributed by atoms with Crippen molar-refractivity contribution in [1.82, 2.24) is 4.72 Å². The van der Waals surface area contributed by atoms with E-state index in [4.69, 9.17) is 9.47 Å². The summed E-state index contributed by atoms with van der Waals surface area (Å²) in [4.78, 5) is 23.5. The summed E-state index contributed by atoms with van der Waals surface area (Å²) < 4.78 is 38.6. The molecule has 0 heterocycles. The number of sulfonamides is 1. The molecule has 0 fully saturated rings. The second kappa shape index (κ2) is 10.7. The summed E-state index contributed by atoms with van der Waals surface area (Å²) in [6.07, 6.45) is 0.141. The number of amides is 1. The number of esters is 1. The number of hydrogen-bond acceptors (Lipinski definition) is 6. The zero-order chi connectivity index (χ0) is 22.1. The minimum Gasteiger partial charge on any atom is -0.497 e. The number of nitrogens with one attached hydrogen (secondary N) is 2. The van der Waals surface area contributed by atoms with Crippen LogP contribution in [0.5, 0.6) is 5.75 Å². The highest BCUT2D eigenvalue weighted by Gasteiger charge is 2.25. The molecule has 0 spiro atoms. The Labute approximate surface area is 176 Å². The topological polar surface area (TPSA) is 111 Å². The predicted molar refractivity (Wildman–Crippen MR) is 113 cm³/mol. The van der Waals surface area contributed by atoms with Crippen molar-refractivity contribution in [2.75, 3.05) is 19.0 Å². The molecule has 0 saturated carbocycles. The standard InChI is InChI=1S/C21H26N2O6S/c1-4-20(24)22-16-9-11-18(12-10-16)30(26,27)23-19(14-21(25)29-5-2)15-7-6-8-17(13-15)28-3/h6-13,19,23H,4-5,14H2,1-3H3,(H,22,24). The molecule has 8 nitrogen and oxygen atoms in total. The number of benzene rings is 2. The Kier molecular flexibility index (Phi) is 8.37. The first-order valence-corrected chi connectivity index (χ1v) is 11.0. The van der Waals surface area contributed by atoms with Crippen LogP contribution in [0.1, 0.15) is 38.3 Å². The van der Waals surface area contributed by atoms with Crippen molar-refractivity contribution in [3.8, 4) is 5.75 Å². The summed E-state index contributed by atoms with van der Waals surface area (Å²) in [5.74, 6) is -0.154. The van der Waals surface area contributed by atoms with Gasteiger partial charge in [0.25, 0.3) is 0 Å². The molecule has 0 aliphatic heterocycles. The van der Waals surface area contributed by atoms with E-state index in [9.17, 15) is 18.0 Å². The molecule has 30 heavy (non-hydrogen) atoms. The van der Waals surface area contributed by atoms with Gasteiger partial charge in [-0.2, -0.15) is 0 Å². The van der Waals surface area contributed by atoms with Gasteiger partial charge in [0.2, 0.25) is 15.9 Å². The Balaban J connectivity index is 2.28. The second-order valence-electron chi connectivity index (χ2n) is 6.39. The maximum atomic E-state index is 12.9. The van der Waals surface area contributed by atoms with E-state index < -0.39 is 22.0 Å². The summed E-state index contributed by atoms with van der Waals surface area (Å²) in [7, 11) is -2.45. The Morgan fingerprint density at radius 2 is 1.77 bits per heavy atom. The molecule has 0 saturated heterocycles. The van der Waals surface area contributed by atoms with Crippen LogP contribution in [0.25, 0.3) is 0 Å². The molecule has 0 aliphatic rings. The molecule has 0 bridgehead atoms. The van der Waals surface area contributed by atoms with Crippen LogP contribution in [0.4, 0.5) is 5.69 Å². The molecule has 9 heteroatoms. The van der Waals surface area contributed by atoms with Gasteiger partial charge in [-0.05, 0) is 48.9 Å². The smallest absolute Gasteiger partial charge is 0.307 e. The fourth-order valence-corrected chi connectivity index (χ4v) is 3.92. The molecule has 2 N–H and O–H groups in total. The van der Waals surface area contributed by atoms with Gasteiger partial charge in [-0.25, -0.2) is 13.1 Å². The Morgan fingerprint density at radius 1 is 1.07 bits per heavy atom. The van der Waals surface area contributed by atoms with Gasteiger partial charge in [0.15, 0.2) is 0 Å². The first kappa shape index (κ1) is 23.4. The average molecular weight is 435 g/mol. The number of carbonyl (C=O) groups is 2. The zero-order valence-electron chi connectivity index (χ0n) is 17.2. The number of carbonyl (C=O) groups excluding carboxylic acids is 2. The lowest BCUT2D eigenvalue weighted by Crippen LogP contribution is -2.30. The lowest BCUT2D eigenvalue weighted by molar-refractivity contribution is -0.143. The molecule has 0 aliphatic carbocycles. The van der Waals surface area contributed by atoms with Gasteiger partial charge in [-0.15, -0.1) is 0 Å². The summed E-state index contributed by atoms with van der Waals surface area (Å²) in [5, 5.41) is 2.66. The highest BCUT2D eigenvalue weighted by Crippen LogP contribution is 2.25. The van der Waals surface area contributed by atoms with E-state index in [2.05, 4.69) is 10.0 Å². The lowest BCUT2D eigenvalue weighted by atomic mass is 10.0. The number of rotatable bonds is 10. The Bertz CT molecular complexity index is 973. The van der Waals surface area contributed by atoms with E-state index >= 15 is 0 Å². The predicted octanol–water partition coefficient (Wildman–Crippen LogP) is 3.02. The van der Waals surface area contributed by atoms with Crippen molar-refractivity contribution in [2.45, 2.75) is 37.6 Å². The summed E-state index contributed by atoms with van der Waals surface area (Å²) in [6, 6.07) is 11.8. The number of hydrogen-bond donors (Lipinski definition) is 2. The molecule has 1 atom stereocenters. The van der Waals surface area contributed by atoms with E-state index in [1.807, 2.05) is 0 Å². The molecule has 162 valence electrons. The van der Waals surface area contributed by atoms with Crippen molar-refractivity contribution < 1.29 is 27.5 Å². The van der Waals surface area contributed by atoms with Crippen LogP contribution in [0.15, 0.2) is 53.4 Å². The van der Waals surface area contributed by atoms with Gasteiger partial charge in [-0.1, -0.05) is 19.1 Å². The van der Waals surface area contributed by atoms with Crippen LogP contribution in [0.3, 0.4) is 0 Å². The zero-order valence-corrected chi connectivity index (χ0v) is 18.0. The van der Waals surface area contributed by atoms with Crippen molar-refractivity contribution in [2.24, 2.45) is 0 Å². The third-order valence-electron chi connectivity index (χ3n) is 4.24. The second-order valence-corrected chi connectivity index (χ2v) is 8.10. The SMILES string of the molecule is CCOC(=O)CC(NS(=O)(=O)c1ccc(NC(=O)CC)cc1)c1cccc(OC)c1. The molecule has 0 radical (unpaired) electrons. The fourth-order valence-electron chi connectivity index (χ4n) is 2.69. The highest BCUT2D eigenvalue weighted by molar-refractivity contribution is 7.89. The van der Waals surface area contributed by atoms with Crippen LogP contribution in [-0.2, 0) is 24.3 Å². The van der Waals surface area contributed by atoms with Crippen LogP contribution >= 0.6 is 0 Å². The van der Waals surface area contributed by atoms with Crippen LogP contribution in [-0.4, -0.2) is 34.0 Å². The number of methoxy groups -OCH3 is 1. The lowest BCUT2D eigenvalue weighted by Gasteiger charge is -2.19. The Hall–Kier alpha value is -2.91. The van der Waals surface area contributed by atoms with Gasteiger partial charge >= 0.3 is 5.97 Å². The van der Waals surface area contributed by atoms with Gasteiger partial charge in [0, 0.05) is 12.1 Å². The normalized spacial score (nSPS) is 12.1. The van der Waals surface area contributed by atoms with E-state index in [-0.39, 0.29) is 23.8 Å². The molecule has 1 amide bonds. The van der Waals surface area contributed by atoms with Crippen molar-refractivity contribution >= 4 is 27.6 Å². The summed E-state index contributed by atoms with van der Waals surface area (Å²) in [5.41, 5.74) is 1.06. The quantitative estimate of drug-likeness (QED) is 0.556. The van der Waals surface area contributed by atoms with Crippen molar-refractivity contribution in [3.63, 3.8) is 0 Å². The maximum Gasteiger partial charge on any atom is 0.307 e. The van der Waals surface area contributed by atoms with Crippen LogP contribution in [0.2, 0.25) is 0 Å². The maximum absolute atomic E-state index is 12.9. The highest BCUT2D eigenvalue weighted by atomic mass is 32.2. The average Bonchev–Trinajstić information content (AvgIpc) is 2.73. The number of anilines is 1. The van der Waals surface area contributed by atoms with E-state index in [0.29, 0.717) is 23.4 Å². The Morgan fingerprint density at radius 3 is 2.37 bits per heavy atom.